The molecule has 90 valence electrons. The first-order valence-electron chi connectivity index (χ1n) is 5.65. The van der Waals surface area contributed by atoms with E-state index in [4.69, 9.17) is 5.73 Å². The van der Waals surface area contributed by atoms with E-state index in [2.05, 4.69) is 41.2 Å². The van der Waals surface area contributed by atoms with Gasteiger partial charge < -0.3 is 15.6 Å². The fourth-order valence-corrected chi connectivity index (χ4v) is 1.95. The van der Waals surface area contributed by atoms with Gasteiger partial charge in [0, 0.05) is 13.6 Å². The number of imidazole rings is 1. The third-order valence-electron chi connectivity index (χ3n) is 2.69. The number of H-pyrrole nitrogens is 1. The van der Waals surface area contributed by atoms with E-state index in [1.807, 2.05) is 18.9 Å². The van der Waals surface area contributed by atoms with Gasteiger partial charge in [0.1, 0.15) is 11.6 Å². The average molecular weight is 230 g/mol. The average Bonchev–Trinajstić information content (AvgIpc) is 2.58. The number of hydrogen-bond acceptors (Lipinski definition) is 3. The standard InChI is InChI=1S/C13H18N4/c1-9-5-4-6-11(7-9)8-17(3)13-12(14)15-10(2)16-13/h4-7H,8,14H2,1-3H3,(H,15,16). The Balaban J connectivity index is 2.16. The SMILES string of the molecule is Cc1cccc(CN(C)c2nc(C)[nH]c2N)c1. The lowest BCUT2D eigenvalue weighted by Gasteiger charge is -2.17. The van der Waals surface area contributed by atoms with E-state index in [1.54, 1.807) is 0 Å². The summed E-state index contributed by atoms with van der Waals surface area (Å²) in [5.41, 5.74) is 8.39. The number of aryl methyl sites for hydroxylation is 2. The van der Waals surface area contributed by atoms with Crippen molar-refractivity contribution in [1.82, 2.24) is 9.97 Å². The molecule has 4 heteroatoms. The Bertz CT molecular complexity index is 516. The number of aromatic amines is 1. The second-order valence-electron chi connectivity index (χ2n) is 4.40. The fraction of sp³-hybridized carbons (Fsp3) is 0.308. The minimum absolute atomic E-state index is 0.623. The molecule has 0 spiro atoms. The summed E-state index contributed by atoms with van der Waals surface area (Å²) in [4.78, 5) is 9.43. The zero-order chi connectivity index (χ0) is 12.4. The van der Waals surface area contributed by atoms with Gasteiger partial charge in [-0.1, -0.05) is 29.8 Å². The van der Waals surface area contributed by atoms with Crippen molar-refractivity contribution in [2.24, 2.45) is 0 Å². The van der Waals surface area contributed by atoms with E-state index >= 15 is 0 Å². The van der Waals surface area contributed by atoms with E-state index in [0.717, 1.165) is 18.2 Å². The van der Waals surface area contributed by atoms with Gasteiger partial charge in [0.15, 0.2) is 5.82 Å². The summed E-state index contributed by atoms with van der Waals surface area (Å²) in [6.45, 7) is 4.80. The van der Waals surface area contributed by atoms with Crippen LogP contribution in [0.25, 0.3) is 0 Å². The number of nitrogens with zero attached hydrogens (tertiary/aromatic N) is 2. The van der Waals surface area contributed by atoms with Crippen LogP contribution in [0.5, 0.6) is 0 Å². The molecule has 17 heavy (non-hydrogen) atoms. The van der Waals surface area contributed by atoms with E-state index in [0.29, 0.717) is 5.82 Å². The van der Waals surface area contributed by atoms with Gasteiger partial charge in [-0.3, -0.25) is 0 Å². The first-order valence-corrected chi connectivity index (χ1v) is 5.65. The summed E-state index contributed by atoms with van der Waals surface area (Å²) >= 11 is 0. The molecule has 0 aliphatic carbocycles. The van der Waals surface area contributed by atoms with Gasteiger partial charge in [-0.2, -0.15) is 0 Å². The Kier molecular flexibility index (Phi) is 3.04. The molecule has 0 fully saturated rings. The van der Waals surface area contributed by atoms with E-state index < -0.39 is 0 Å². The van der Waals surface area contributed by atoms with Crippen molar-refractivity contribution in [3.8, 4) is 0 Å². The van der Waals surface area contributed by atoms with Crippen LogP contribution in [0.4, 0.5) is 11.6 Å². The van der Waals surface area contributed by atoms with Gasteiger partial charge >= 0.3 is 0 Å². The first-order chi connectivity index (χ1) is 8.06. The number of nitrogens with two attached hydrogens (primary N) is 1. The highest BCUT2D eigenvalue weighted by atomic mass is 15.2. The zero-order valence-corrected chi connectivity index (χ0v) is 10.5. The molecule has 4 nitrogen and oxygen atoms in total. The van der Waals surface area contributed by atoms with Gasteiger partial charge in [0.05, 0.1) is 0 Å². The molecule has 0 saturated heterocycles. The second kappa shape index (κ2) is 4.49. The molecule has 3 N–H and O–H groups in total. The first kappa shape index (κ1) is 11.5. The minimum Gasteiger partial charge on any atom is -0.382 e. The third kappa shape index (κ3) is 2.58. The predicted octanol–water partition coefficient (Wildman–Crippen LogP) is 2.25. The lowest BCUT2D eigenvalue weighted by Crippen LogP contribution is -2.18. The van der Waals surface area contributed by atoms with E-state index in [1.165, 1.54) is 11.1 Å². The van der Waals surface area contributed by atoms with E-state index in [9.17, 15) is 0 Å². The highest BCUT2D eigenvalue weighted by molar-refractivity contribution is 5.58. The minimum atomic E-state index is 0.623. The van der Waals surface area contributed by atoms with Crippen LogP contribution < -0.4 is 10.6 Å². The number of rotatable bonds is 3. The van der Waals surface area contributed by atoms with Crippen molar-refractivity contribution in [3.63, 3.8) is 0 Å². The van der Waals surface area contributed by atoms with Crippen LogP contribution >= 0.6 is 0 Å². The van der Waals surface area contributed by atoms with Crippen LogP contribution in [-0.2, 0) is 6.54 Å². The molecule has 0 aliphatic heterocycles. The van der Waals surface area contributed by atoms with Crippen LogP contribution in [0.3, 0.4) is 0 Å². The van der Waals surface area contributed by atoms with Crippen molar-refractivity contribution >= 4 is 11.6 Å². The maximum atomic E-state index is 5.87. The molecule has 1 aromatic heterocycles. The van der Waals surface area contributed by atoms with Crippen LogP contribution in [0.2, 0.25) is 0 Å². The fourth-order valence-electron chi connectivity index (χ4n) is 1.95. The summed E-state index contributed by atoms with van der Waals surface area (Å²) < 4.78 is 0. The number of nitrogens with one attached hydrogen (secondary N) is 1. The van der Waals surface area contributed by atoms with Gasteiger partial charge in [-0.25, -0.2) is 4.98 Å². The molecule has 0 atom stereocenters. The molecular formula is C13H18N4. The van der Waals surface area contributed by atoms with Gasteiger partial charge in [-0.15, -0.1) is 0 Å². The number of benzene rings is 1. The molecule has 1 aromatic carbocycles. The van der Waals surface area contributed by atoms with Crippen molar-refractivity contribution in [2.45, 2.75) is 20.4 Å². The quantitative estimate of drug-likeness (QED) is 0.850. The second-order valence-corrected chi connectivity index (χ2v) is 4.40. The smallest absolute Gasteiger partial charge is 0.171 e. The predicted molar refractivity (Wildman–Crippen MR) is 71.0 cm³/mol. The summed E-state index contributed by atoms with van der Waals surface area (Å²) in [7, 11) is 1.99. The zero-order valence-electron chi connectivity index (χ0n) is 10.5. The summed E-state index contributed by atoms with van der Waals surface area (Å²) in [6, 6.07) is 8.44. The number of anilines is 2. The number of hydrogen-bond donors (Lipinski definition) is 2. The molecule has 0 bridgehead atoms. The molecule has 1 heterocycles. The Labute approximate surface area is 101 Å². The molecule has 0 unspecified atom stereocenters. The van der Waals surface area contributed by atoms with Gasteiger partial charge in [-0.05, 0) is 19.4 Å². The van der Waals surface area contributed by atoms with Crippen molar-refractivity contribution < 1.29 is 0 Å². The lowest BCUT2D eigenvalue weighted by molar-refractivity contribution is 0.901. The number of aromatic nitrogens is 2. The Morgan fingerprint density at radius 1 is 1.35 bits per heavy atom. The molecular weight excluding hydrogens is 212 g/mol. The lowest BCUT2D eigenvalue weighted by atomic mass is 10.1. The van der Waals surface area contributed by atoms with Crippen molar-refractivity contribution in [3.05, 3.63) is 41.2 Å². The van der Waals surface area contributed by atoms with Crippen LogP contribution in [-0.4, -0.2) is 17.0 Å². The third-order valence-corrected chi connectivity index (χ3v) is 2.69. The molecule has 0 saturated carbocycles. The largest absolute Gasteiger partial charge is 0.382 e. The van der Waals surface area contributed by atoms with Gasteiger partial charge in [0.25, 0.3) is 0 Å². The molecule has 2 aromatic rings. The number of nitrogen functional groups attached to an aromatic ring is 1. The highest BCUT2D eigenvalue weighted by Gasteiger charge is 2.10. The Morgan fingerprint density at radius 3 is 2.71 bits per heavy atom. The van der Waals surface area contributed by atoms with Crippen molar-refractivity contribution in [2.75, 3.05) is 17.7 Å². The molecule has 0 amide bonds. The topological polar surface area (TPSA) is 57.9 Å². The maximum Gasteiger partial charge on any atom is 0.171 e. The van der Waals surface area contributed by atoms with Gasteiger partial charge in [0.2, 0.25) is 0 Å². The Morgan fingerprint density at radius 2 is 2.12 bits per heavy atom. The van der Waals surface area contributed by atoms with E-state index in [-0.39, 0.29) is 0 Å². The molecule has 0 radical (unpaired) electrons. The van der Waals surface area contributed by atoms with Crippen LogP contribution in [0, 0.1) is 13.8 Å². The summed E-state index contributed by atoms with van der Waals surface area (Å²) in [5.74, 6) is 2.27. The maximum absolute atomic E-state index is 5.87. The Hall–Kier alpha value is -1.97. The monoisotopic (exact) mass is 230 g/mol. The summed E-state index contributed by atoms with van der Waals surface area (Å²) in [5, 5.41) is 0. The molecule has 2 rings (SSSR count). The highest BCUT2D eigenvalue weighted by Crippen LogP contribution is 2.20. The van der Waals surface area contributed by atoms with Crippen LogP contribution in [0.15, 0.2) is 24.3 Å². The normalized spacial score (nSPS) is 10.5. The van der Waals surface area contributed by atoms with Crippen LogP contribution in [0.1, 0.15) is 17.0 Å². The molecule has 0 aliphatic rings. The van der Waals surface area contributed by atoms with Crippen molar-refractivity contribution in [1.29, 1.82) is 0 Å². The summed E-state index contributed by atoms with van der Waals surface area (Å²) in [6.07, 6.45) is 0.